The van der Waals surface area contributed by atoms with E-state index in [0.717, 1.165) is 27.8 Å². The van der Waals surface area contributed by atoms with Gasteiger partial charge in [-0.2, -0.15) is 0 Å². The summed E-state index contributed by atoms with van der Waals surface area (Å²) in [5.74, 6) is 1.99. The SMILES string of the molecule is c1ccc(-c2ccc(-c3nc(-c4ccc(-c5ccccc5)cc4)nc(C4(c5ccccc5)c5ccccc5-c5ccccc54)n3)cc2)cc1. The molecule has 8 aromatic rings. The lowest BCUT2D eigenvalue weighted by molar-refractivity contribution is 0.692. The van der Waals surface area contributed by atoms with Crippen LogP contribution in [0.1, 0.15) is 22.5 Å². The van der Waals surface area contributed by atoms with Gasteiger partial charge in [-0.05, 0) is 50.1 Å². The van der Waals surface area contributed by atoms with Gasteiger partial charge in [0, 0.05) is 11.1 Å². The molecule has 0 aliphatic heterocycles. The van der Waals surface area contributed by atoms with Crippen LogP contribution in [0.5, 0.6) is 0 Å². The monoisotopic (exact) mass is 625 g/mol. The molecule has 1 aliphatic rings. The Hall–Kier alpha value is -6.45. The lowest BCUT2D eigenvalue weighted by Gasteiger charge is -2.32. The van der Waals surface area contributed by atoms with Gasteiger partial charge in [0.25, 0.3) is 0 Å². The molecular formula is C46H31N3. The molecule has 0 unspecified atom stereocenters. The van der Waals surface area contributed by atoms with Gasteiger partial charge >= 0.3 is 0 Å². The van der Waals surface area contributed by atoms with E-state index in [9.17, 15) is 0 Å². The molecule has 0 N–H and O–H groups in total. The minimum absolute atomic E-state index is 0.643. The van der Waals surface area contributed by atoms with Gasteiger partial charge < -0.3 is 0 Å². The van der Waals surface area contributed by atoms with E-state index in [-0.39, 0.29) is 0 Å². The Balaban J connectivity index is 1.29. The Labute approximate surface area is 286 Å². The van der Waals surface area contributed by atoms with Gasteiger partial charge in [0.05, 0.1) is 0 Å². The molecular weight excluding hydrogens is 595 g/mol. The summed E-state index contributed by atoms with van der Waals surface area (Å²) < 4.78 is 0. The first-order valence-corrected chi connectivity index (χ1v) is 16.6. The minimum Gasteiger partial charge on any atom is -0.211 e. The van der Waals surface area contributed by atoms with E-state index in [4.69, 9.17) is 15.0 Å². The van der Waals surface area contributed by atoms with Crippen molar-refractivity contribution in [1.29, 1.82) is 0 Å². The normalized spacial score (nSPS) is 12.7. The molecule has 49 heavy (non-hydrogen) atoms. The van der Waals surface area contributed by atoms with Crippen LogP contribution in [0, 0.1) is 0 Å². The maximum Gasteiger partial charge on any atom is 0.163 e. The molecule has 1 aromatic heterocycles. The van der Waals surface area contributed by atoms with Crippen LogP contribution in [-0.2, 0) is 5.41 Å². The van der Waals surface area contributed by atoms with Crippen molar-refractivity contribution in [2.24, 2.45) is 0 Å². The van der Waals surface area contributed by atoms with Crippen LogP contribution in [0.2, 0.25) is 0 Å². The molecule has 0 saturated heterocycles. The van der Waals surface area contributed by atoms with Crippen LogP contribution >= 0.6 is 0 Å². The van der Waals surface area contributed by atoms with Gasteiger partial charge in [-0.3, -0.25) is 0 Å². The third kappa shape index (κ3) is 4.87. The number of aromatic nitrogens is 3. The molecule has 0 saturated carbocycles. The van der Waals surface area contributed by atoms with Crippen molar-refractivity contribution in [3.63, 3.8) is 0 Å². The fourth-order valence-corrected chi connectivity index (χ4v) is 7.29. The summed E-state index contributed by atoms with van der Waals surface area (Å²) >= 11 is 0. The molecule has 0 radical (unpaired) electrons. The zero-order valence-corrected chi connectivity index (χ0v) is 26.7. The van der Waals surface area contributed by atoms with Crippen molar-refractivity contribution >= 4 is 0 Å². The van der Waals surface area contributed by atoms with Crippen LogP contribution in [0.4, 0.5) is 0 Å². The molecule has 0 spiro atoms. The average Bonchev–Trinajstić information content (AvgIpc) is 3.50. The van der Waals surface area contributed by atoms with E-state index >= 15 is 0 Å². The van der Waals surface area contributed by atoms with Gasteiger partial charge in [0.1, 0.15) is 5.41 Å². The Morgan fingerprint density at radius 1 is 0.286 bits per heavy atom. The summed E-state index contributed by atoms with van der Waals surface area (Å²) in [7, 11) is 0. The Kier molecular flexibility index (Phi) is 7.02. The lowest BCUT2D eigenvalue weighted by atomic mass is 9.71. The number of benzene rings is 7. The third-order valence-corrected chi connectivity index (χ3v) is 9.63. The molecule has 230 valence electrons. The molecule has 1 heterocycles. The molecule has 0 atom stereocenters. The second-order valence-corrected chi connectivity index (χ2v) is 12.4. The predicted octanol–water partition coefficient (Wildman–Crippen LogP) is 10.9. The standard InChI is InChI=1S/C46H31N3/c1-4-14-32(15-5-1)34-24-28-36(29-25-34)43-47-44(37-30-26-35(27-31-37)33-16-6-2-7-17-33)49-45(48-43)46(38-18-8-3-9-19-38)41-22-12-10-20-39(41)40-21-11-13-23-42(40)46/h1-31H. The summed E-state index contributed by atoms with van der Waals surface area (Å²) in [6.07, 6.45) is 0. The Bertz CT molecular complexity index is 2250. The molecule has 9 rings (SSSR count). The van der Waals surface area contributed by atoms with E-state index in [1.54, 1.807) is 0 Å². The second-order valence-electron chi connectivity index (χ2n) is 12.4. The van der Waals surface area contributed by atoms with Gasteiger partial charge in [-0.25, -0.2) is 15.0 Å². The fraction of sp³-hybridized carbons (Fsp3) is 0.0217. The van der Waals surface area contributed by atoms with Crippen molar-refractivity contribution in [2.75, 3.05) is 0 Å². The van der Waals surface area contributed by atoms with E-state index in [2.05, 4.69) is 176 Å². The molecule has 0 fully saturated rings. The number of fused-ring (bicyclic) bond motifs is 3. The van der Waals surface area contributed by atoms with Crippen LogP contribution in [0.15, 0.2) is 188 Å². The topological polar surface area (TPSA) is 38.7 Å². The number of rotatable bonds is 6. The maximum absolute atomic E-state index is 5.40. The van der Waals surface area contributed by atoms with Crippen LogP contribution in [0.25, 0.3) is 56.2 Å². The zero-order chi connectivity index (χ0) is 32.6. The highest BCUT2D eigenvalue weighted by atomic mass is 15.0. The Morgan fingerprint density at radius 3 is 1.08 bits per heavy atom. The van der Waals surface area contributed by atoms with Crippen molar-refractivity contribution < 1.29 is 0 Å². The van der Waals surface area contributed by atoms with Gasteiger partial charge in [0.2, 0.25) is 0 Å². The summed E-state index contributed by atoms with van der Waals surface area (Å²) in [6, 6.07) is 66.0. The molecule has 7 aromatic carbocycles. The average molecular weight is 626 g/mol. The van der Waals surface area contributed by atoms with Crippen molar-refractivity contribution in [1.82, 2.24) is 15.0 Å². The molecule has 0 amide bonds. The van der Waals surface area contributed by atoms with Crippen molar-refractivity contribution in [3.05, 3.63) is 211 Å². The number of hydrogen-bond acceptors (Lipinski definition) is 3. The first kappa shape index (κ1) is 28.7. The smallest absolute Gasteiger partial charge is 0.163 e. The van der Waals surface area contributed by atoms with E-state index < -0.39 is 5.41 Å². The van der Waals surface area contributed by atoms with Gasteiger partial charge in [0.15, 0.2) is 17.5 Å². The summed E-state index contributed by atoms with van der Waals surface area (Å²) in [5.41, 5.74) is 11.6. The Morgan fingerprint density at radius 2 is 0.633 bits per heavy atom. The third-order valence-electron chi connectivity index (χ3n) is 9.63. The number of nitrogens with zero attached hydrogens (tertiary/aromatic N) is 3. The van der Waals surface area contributed by atoms with Gasteiger partial charge in [-0.1, -0.05) is 188 Å². The van der Waals surface area contributed by atoms with Gasteiger partial charge in [-0.15, -0.1) is 0 Å². The van der Waals surface area contributed by atoms with E-state index in [0.29, 0.717) is 17.5 Å². The molecule has 3 heteroatoms. The minimum atomic E-state index is -0.741. The largest absolute Gasteiger partial charge is 0.211 e. The van der Waals surface area contributed by atoms with Crippen LogP contribution in [-0.4, -0.2) is 15.0 Å². The molecule has 1 aliphatic carbocycles. The lowest BCUT2D eigenvalue weighted by Crippen LogP contribution is -2.31. The molecule has 0 bridgehead atoms. The van der Waals surface area contributed by atoms with Crippen LogP contribution in [0.3, 0.4) is 0 Å². The first-order valence-electron chi connectivity index (χ1n) is 16.6. The summed E-state index contributed by atoms with van der Waals surface area (Å²) in [6.45, 7) is 0. The zero-order valence-electron chi connectivity index (χ0n) is 26.7. The van der Waals surface area contributed by atoms with Crippen molar-refractivity contribution in [2.45, 2.75) is 5.41 Å². The highest BCUT2D eigenvalue weighted by Gasteiger charge is 2.48. The maximum atomic E-state index is 5.40. The molecule has 3 nitrogen and oxygen atoms in total. The highest BCUT2D eigenvalue weighted by molar-refractivity contribution is 5.85. The summed E-state index contributed by atoms with van der Waals surface area (Å²) in [5, 5.41) is 0. The van der Waals surface area contributed by atoms with E-state index in [1.165, 1.54) is 33.4 Å². The van der Waals surface area contributed by atoms with Crippen LogP contribution < -0.4 is 0 Å². The quantitative estimate of drug-likeness (QED) is 0.185. The number of hydrogen-bond donors (Lipinski definition) is 0. The second kappa shape index (κ2) is 12.0. The van der Waals surface area contributed by atoms with E-state index in [1.807, 2.05) is 12.1 Å². The highest BCUT2D eigenvalue weighted by Crippen LogP contribution is 2.55. The fourth-order valence-electron chi connectivity index (χ4n) is 7.29. The van der Waals surface area contributed by atoms with Crippen molar-refractivity contribution in [3.8, 4) is 56.2 Å². The predicted molar refractivity (Wildman–Crippen MR) is 199 cm³/mol. The first-order chi connectivity index (χ1) is 24.3. The summed E-state index contributed by atoms with van der Waals surface area (Å²) in [4.78, 5) is 16.0.